The van der Waals surface area contributed by atoms with Crippen LogP contribution in [0.3, 0.4) is 0 Å². The molecule has 0 radical (unpaired) electrons. The van der Waals surface area contributed by atoms with E-state index in [-0.39, 0.29) is 28.9 Å². The largest absolute Gasteiger partial charge is 0.444 e. The smallest absolute Gasteiger partial charge is 0.409 e. The highest BCUT2D eigenvalue weighted by atomic mass is 19.4. The van der Waals surface area contributed by atoms with E-state index in [1.54, 1.807) is 0 Å². The van der Waals surface area contributed by atoms with Crippen molar-refractivity contribution in [3.63, 3.8) is 0 Å². The first-order chi connectivity index (χ1) is 10.4. The van der Waals surface area contributed by atoms with Gasteiger partial charge in [-0.25, -0.2) is 0 Å². The minimum atomic E-state index is -4.46. The summed E-state index contributed by atoms with van der Waals surface area (Å²) in [6, 6.07) is 0. The van der Waals surface area contributed by atoms with E-state index in [2.05, 4.69) is 11.8 Å². The lowest BCUT2D eigenvalue weighted by Crippen LogP contribution is -2.22. The van der Waals surface area contributed by atoms with Crippen LogP contribution in [0, 0.1) is 29.1 Å². The van der Waals surface area contributed by atoms with Crippen LogP contribution in [-0.2, 0) is 9.53 Å². The molecule has 128 valence electrons. The van der Waals surface area contributed by atoms with Crippen molar-refractivity contribution < 1.29 is 22.7 Å². The van der Waals surface area contributed by atoms with Crippen LogP contribution in [0.2, 0.25) is 0 Å². The molecule has 5 heteroatoms. The number of hydrogen-bond donors (Lipinski definition) is 0. The Hall–Kier alpha value is -1.70. The second-order valence-corrected chi connectivity index (χ2v) is 6.71. The van der Waals surface area contributed by atoms with E-state index in [1.165, 1.54) is 13.8 Å². The van der Waals surface area contributed by atoms with E-state index in [0.29, 0.717) is 0 Å². The molecule has 0 N–H and O–H groups in total. The minimum absolute atomic E-state index is 0.0436. The van der Waals surface area contributed by atoms with Gasteiger partial charge in [-0.3, -0.25) is 4.79 Å². The van der Waals surface area contributed by atoms with Gasteiger partial charge in [-0.2, -0.15) is 13.2 Å². The van der Waals surface area contributed by atoms with E-state index in [1.807, 2.05) is 33.8 Å². The van der Waals surface area contributed by atoms with Gasteiger partial charge in [0.05, 0.1) is 5.92 Å². The number of rotatable bonds is 4. The Morgan fingerprint density at radius 1 is 1.26 bits per heavy atom. The average molecular weight is 328 g/mol. The van der Waals surface area contributed by atoms with Gasteiger partial charge < -0.3 is 4.74 Å². The number of hydrogen-bond acceptors (Lipinski definition) is 2. The number of halogens is 3. The Bertz CT molecular complexity index is 582. The molecule has 1 rings (SSSR count). The quantitative estimate of drug-likeness (QED) is 0.426. The zero-order valence-corrected chi connectivity index (χ0v) is 14.3. The lowest BCUT2D eigenvalue weighted by Gasteiger charge is -2.14. The van der Waals surface area contributed by atoms with E-state index in [9.17, 15) is 18.0 Å². The van der Waals surface area contributed by atoms with Crippen LogP contribution in [-0.4, -0.2) is 18.2 Å². The van der Waals surface area contributed by atoms with Crippen LogP contribution in [0.25, 0.3) is 0 Å². The standard InChI is InChI=1S/C18H23F3O2/c1-7-8-14(12(4)10-18(19,20)21)23-16(22)15-13(9-11(2)3)17(15,5)6/h9-10,13-15H,1-6H3. The maximum absolute atomic E-state index is 12.5. The highest BCUT2D eigenvalue weighted by molar-refractivity contribution is 5.79. The maximum Gasteiger partial charge on any atom is 0.409 e. The normalized spacial score (nSPS) is 24.1. The van der Waals surface area contributed by atoms with Gasteiger partial charge in [0.2, 0.25) is 0 Å². The first kappa shape index (κ1) is 19.3. The van der Waals surface area contributed by atoms with E-state index in [0.717, 1.165) is 5.57 Å². The number of allylic oxidation sites excluding steroid dienone is 3. The van der Waals surface area contributed by atoms with Crippen molar-refractivity contribution in [3.05, 3.63) is 23.3 Å². The molecule has 1 aliphatic rings. The predicted octanol–water partition coefficient (Wildman–Crippen LogP) is 4.67. The summed E-state index contributed by atoms with van der Waals surface area (Å²) in [5, 5.41) is 0. The first-order valence-corrected chi connectivity index (χ1v) is 7.44. The number of alkyl halides is 3. The maximum atomic E-state index is 12.5. The summed E-state index contributed by atoms with van der Waals surface area (Å²) in [4.78, 5) is 12.3. The molecule has 0 aromatic carbocycles. The molecule has 0 spiro atoms. The first-order valence-electron chi connectivity index (χ1n) is 7.44. The third kappa shape index (κ3) is 5.16. The molecule has 0 aromatic rings. The summed E-state index contributed by atoms with van der Waals surface area (Å²) >= 11 is 0. The van der Waals surface area contributed by atoms with Crippen LogP contribution in [0.1, 0.15) is 41.5 Å². The molecule has 1 fully saturated rings. The van der Waals surface area contributed by atoms with Crippen molar-refractivity contribution in [2.24, 2.45) is 17.3 Å². The second-order valence-electron chi connectivity index (χ2n) is 6.71. The fourth-order valence-electron chi connectivity index (χ4n) is 2.69. The van der Waals surface area contributed by atoms with Crippen molar-refractivity contribution in [1.29, 1.82) is 0 Å². The molecule has 3 atom stereocenters. The van der Waals surface area contributed by atoms with Gasteiger partial charge in [0, 0.05) is 6.08 Å². The monoisotopic (exact) mass is 328 g/mol. The lowest BCUT2D eigenvalue weighted by molar-refractivity contribution is -0.148. The minimum Gasteiger partial charge on any atom is -0.444 e. The number of esters is 1. The van der Waals surface area contributed by atoms with Crippen LogP contribution < -0.4 is 0 Å². The highest BCUT2D eigenvalue weighted by Gasteiger charge is 2.61. The molecule has 0 saturated heterocycles. The highest BCUT2D eigenvalue weighted by Crippen LogP contribution is 2.60. The Kier molecular flexibility index (Phi) is 5.74. The molecule has 1 saturated carbocycles. The molecule has 0 heterocycles. The average Bonchev–Trinajstić information content (AvgIpc) is 2.87. The van der Waals surface area contributed by atoms with Gasteiger partial charge in [0.25, 0.3) is 0 Å². The van der Waals surface area contributed by atoms with Gasteiger partial charge >= 0.3 is 12.1 Å². The zero-order valence-electron chi connectivity index (χ0n) is 14.3. The van der Waals surface area contributed by atoms with E-state index >= 15 is 0 Å². The SMILES string of the molecule is CC#CC(OC(=O)C1C(C=C(C)C)C1(C)C)C(C)=CC(F)(F)F. The van der Waals surface area contributed by atoms with Gasteiger partial charge in [-0.15, -0.1) is 5.92 Å². The van der Waals surface area contributed by atoms with Crippen molar-refractivity contribution in [2.75, 3.05) is 0 Å². The Labute approximate surface area is 135 Å². The predicted molar refractivity (Wildman–Crippen MR) is 83.3 cm³/mol. The summed E-state index contributed by atoms with van der Waals surface area (Å²) in [6.07, 6.45) is -3.50. The van der Waals surface area contributed by atoms with E-state index in [4.69, 9.17) is 4.74 Å². The Balaban J connectivity index is 2.90. The van der Waals surface area contributed by atoms with Crippen molar-refractivity contribution in [3.8, 4) is 11.8 Å². The second kappa shape index (κ2) is 6.82. The Morgan fingerprint density at radius 2 is 1.83 bits per heavy atom. The molecule has 0 aliphatic heterocycles. The molecule has 23 heavy (non-hydrogen) atoms. The summed E-state index contributed by atoms with van der Waals surface area (Å²) in [7, 11) is 0. The van der Waals surface area contributed by atoms with Crippen LogP contribution >= 0.6 is 0 Å². The molecule has 2 nitrogen and oxygen atoms in total. The summed E-state index contributed by atoms with van der Waals surface area (Å²) in [5.41, 5.74) is 0.717. The third-order valence-corrected chi connectivity index (χ3v) is 3.99. The van der Waals surface area contributed by atoms with Gasteiger partial charge in [0.1, 0.15) is 0 Å². The summed E-state index contributed by atoms with van der Waals surface area (Å²) < 4.78 is 42.7. The molecule has 0 aromatic heterocycles. The number of carbonyl (C=O) groups excluding carboxylic acids is 1. The molecular weight excluding hydrogens is 305 g/mol. The molecule has 0 amide bonds. The molecule has 0 bridgehead atoms. The topological polar surface area (TPSA) is 26.3 Å². The van der Waals surface area contributed by atoms with Crippen molar-refractivity contribution in [1.82, 2.24) is 0 Å². The number of ether oxygens (including phenoxy) is 1. The Morgan fingerprint density at radius 3 is 2.26 bits per heavy atom. The molecule has 1 aliphatic carbocycles. The van der Waals surface area contributed by atoms with Crippen molar-refractivity contribution in [2.45, 2.75) is 53.8 Å². The summed E-state index contributed by atoms with van der Waals surface area (Å²) in [6.45, 7) is 10.5. The van der Waals surface area contributed by atoms with Crippen LogP contribution in [0.15, 0.2) is 23.3 Å². The number of carbonyl (C=O) groups is 1. The van der Waals surface area contributed by atoms with E-state index < -0.39 is 18.2 Å². The molecular formula is C18H23F3O2. The van der Waals surface area contributed by atoms with Crippen LogP contribution in [0.5, 0.6) is 0 Å². The third-order valence-electron chi connectivity index (χ3n) is 3.99. The van der Waals surface area contributed by atoms with Gasteiger partial charge in [0.15, 0.2) is 6.10 Å². The lowest BCUT2D eigenvalue weighted by atomic mass is 10.1. The van der Waals surface area contributed by atoms with Crippen LogP contribution in [0.4, 0.5) is 13.2 Å². The summed E-state index contributed by atoms with van der Waals surface area (Å²) in [5.74, 6) is 4.23. The fourth-order valence-corrected chi connectivity index (χ4v) is 2.69. The van der Waals surface area contributed by atoms with Gasteiger partial charge in [-0.1, -0.05) is 31.4 Å². The van der Waals surface area contributed by atoms with Gasteiger partial charge in [-0.05, 0) is 44.6 Å². The fraction of sp³-hybridized carbons (Fsp3) is 0.611. The molecule has 3 unspecified atom stereocenters. The van der Waals surface area contributed by atoms with Crippen molar-refractivity contribution >= 4 is 5.97 Å². The zero-order chi connectivity index (χ0) is 18.0.